The average Bonchev–Trinajstić information content (AvgIpc) is 2.40. The Bertz CT molecular complexity index is 233. The molecule has 0 aliphatic carbocycles. The van der Waals surface area contributed by atoms with Crippen LogP contribution in [0.25, 0.3) is 0 Å². The predicted molar refractivity (Wildman–Crippen MR) is 78.6 cm³/mol. The number of methoxy groups -OCH3 is 1. The highest BCUT2D eigenvalue weighted by atomic mass is 127. The molecule has 0 atom stereocenters. The SMILES string of the molecule is COCCOCCN1CCC(CC(=O)NI)CC1. The van der Waals surface area contributed by atoms with Crippen LogP contribution in [0, 0.1) is 5.92 Å². The first-order chi connectivity index (χ1) is 8.76. The van der Waals surface area contributed by atoms with Crippen molar-refractivity contribution in [2.75, 3.05) is 46.6 Å². The van der Waals surface area contributed by atoms with E-state index in [1.54, 1.807) is 7.11 Å². The Morgan fingerprint density at radius 1 is 1.33 bits per heavy atom. The minimum Gasteiger partial charge on any atom is -0.382 e. The third-order valence-corrected chi connectivity index (χ3v) is 3.87. The van der Waals surface area contributed by atoms with Gasteiger partial charge in [0.2, 0.25) is 5.91 Å². The van der Waals surface area contributed by atoms with Gasteiger partial charge < -0.3 is 14.4 Å². The summed E-state index contributed by atoms with van der Waals surface area (Å²) in [6.07, 6.45) is 2.89. The van der Waals surface area contributed by atoms with Crippen molar-refractivity contribution in [3.8, 4) is 0 Å². The van der Waals surface area contributed by atoms with Crippen molar-refractivity contribution in [1.82, 2.24) is 8.43 Å². The molecule has 1 fully saturated rings. The van der Waals surface area contributed by atoms with Crippen LogP contribution in [0.15, 0.2) is 0 Å². The van der Waals surface area contributed by atoms with E-state index in [0.717, 1.165) is 39.1 Å². The lowest BCUT2D eigenvalue weighted by atomic mass is 9.93. The fraction of sp³-hybridized carbons (Fsp3) is 0.917. The monoisotopic (exact) mass is 370 g/mol. The highest BCUT2D eigenvalue weighted by Crippen LogP contribution is 2.20. The number of hydrogen-bond acceptors (Lipinski definition) is 4. The number of rotatable bonds is 8. The molecule has 18 heavy (non-hydrogen) atoms. The van der Waals surface area contributed by atoms with E-state index in [0.29, 0.717) is 25.6 Å². The molecule has 1 heterocycles. The number of ether oxygens (including phenoxy) is 2. The first-order valence-electron chi connectivity index (χ1n) is 6.44. The summed E-state index contributed by atoms with van der Waals surface area (Å²) in [4.78, 5) is 13.7. The van der Waals surface area contributed by atoms with Gasteiger partial charge in [-0.05, 0) is 31.8 Å². The molecule has 106 valence electrons. The standard InChI is InChI=1S/C12H23IN2O3/c1-17-8-9-18-7-6-15-4-2-11(3-5-15)10-12(16)14-13/h11H,2-10H2,1H3,(H,14,16). The van der Waals surface area contributed by atoms with E-state index in [4.69, 9.17) is 9.47 Å². The maximum absolute atomic E-state index is 11.3. The number of hydrogen-bond donors (Lipinski definition) is 1. The van der Waals surface area contributed by atoms with Crippen LogP contribution in [-0.4, -0.2) is 57.4 Å². The Balaban J connectivity index is 2.03. The van der Waals surface area contributed by atoms with Gasteiger partial charge in [-0.1, -0.05) is 0 Å². The Labute approximate surface area is 123 Å². The van der Waals surface area contributed by atoms with Crippen molar-refractivity contribution in [2.24, 2.45) is 5.92 Å². The maximum atomic E-state index is 11.3. The van der Waals surface area contributed by atoms with Gasteiger partial charge in [0.15, 0.2) is 0 Å². The largest absolute Gasteiger partial charge is 0.382 e. The highest BCUT2D eigenvalue weighted by molar-refractivity contribution is 14.1. The second kappa shape index (κ2) is 9.94. The van der Waals surface area contributed by atoms with E-state index in [1.165, 1.54) is 0 Å². The van der Waals surface area contributed by atoms with Crippen LogP contribution in [0.4, 0.5) is 0 Å². The number of piperidine rings is 1. The number of likely N-dealkylation sites (tertiary alicyclic amines) is 1. The lowest BCUT2D eigenvalue weighted by Crippen LogP contribution is -2.37. The quantitative estimate of drug-likeness (QED) is 0.397. The molecule has 5 nitrogen and oxygen atoms in total. The van der Waals surface area contributed by atoms with Crippen molar-refractivity contribution in [1.29, 1.82) is 0 Å². The molecule has 1 rings (SSSR count). The molecule has 1 aliphatic rings. The lowest BCUT2D eigenvalue weighted by molar-refractivity contribution is -0.120. The number of nitrogens with one attached hydrogen (secondary N) is 1. The molecule has 0 aromatic rings. The van der Waals surface area contributed by atoms with Gasteiger partial charge >= 0.3 is 0 Å². The Hall–Kier alpha value is 0.0800. The van der Waals surface area contributed by atoms with Gasteiger partial charge in [0.25, 0.3) is 0 Å². The van der Waals surface area contributed by atoms with Crippen molar-refractivity contribution >= 4 is 28.8 Å². The van der Waals surface area contributed by atoms with Crippen LogP contribution in [0.5, 0.6) is 0 Å². The fourth-order valence-corrected chi connectivity index (χ4v) is 2.37. The molecule has 0 aromatic carbocycles. The summed E-state index contributed by atoms with van der Waals surface area (Å²) in [6.45, 7) is 5.23. The molecular formula is C12H23IN2O3. The summed E-state index contributed by atoms with van der Waals surface area (Å²) < 4.78 is 13.0. The zero-order valence-electron chi connectivity index (χ0n) is 11.0. The van der Waals surface area contributed by atoms with Gasteiger partial charge in [-0.15, -0.1) is 0 Å². The number of amides is 1. The summed E-state index contributed by atoms with van der Waals surface area (Å²) in [5, 5.41) is 0. The minimum atomic E-state index is 0.150. The molecule has 1 aliphatic heterocycles. The first kappa shape index (κ1) is 16.1. The lowest BCUT2D eigenvalue weighted by Gasteiger charge is -2.31. The van der Waals surface area contributed by atoms with E-state index in [1.807, 2.05) is 22.9 Å². The van der Waals surface area contributed by atoms with E-state index < -0.39 is 0 Å². The van der Waals surface area contributed by atoms with Gasteiger partial charge in [-0.2, -0.15) is 0 Å². The smallest absolute Gasteiger partial charge is 0.228 e. The third kappa shape index (κ3) is 6.86. The van der Waals surface area contributed by atoms with Gasteiger partial charge in [-0.25, -0.2) is 0 Å². The molecule has 0 saturated carbocycles. The zero-order chi connectivity index (χ0) is 13.2. The van der Waals surface area contributed by atoms with Crippen LogP contribution in [0.2, 0.25) is 0 Å². The molecular weight excluding hydrogens is 347 g/mol. The normalized spacial score (nSPS) is 17.9. The van der Waals surface area contributed by atoms with Crippen LogP contribution < -0.4 is 3.53 Å². The van der Waals surface area contributed by atoms with Gasteiger partial charge in [0.05, 0.1) is 42.7 Å². The number of carbonyl (C=O) groups excluding carboxylic acids is 1. The van der Waals surface area contributed by atoms with Crippen LogP contribution in [0.3, 0.4) is 0 Å². The van der Waals surface area contributed by atoms with E-state index in [-0.39, 0.29) is 5.91 Å². The molecule has 0 bridgehead atoms. The van der Waals surface area contributed by atoms with E-state index in [9.17, 15) is 4.79 Å². The average molecular weight is 370 g/mol. The summed E-state index contributed by atoms with van der Waals surface area (Å²) in [7, 11) is 1.68. The Morgan fingerprint density at radius 3 is 2.67 bits per heavy atom. The summed E-state index contributed by atoms with van der Waals surface area (Å²) in [5.74, 6) is 0.697. The van der Waals surface area contributed by atoms with Crippen molar-refractivity contribution in [2.45, 2.75) is 19.3 Å². The van der Waals surface area contributed by atoms with Crippen LogP contribution >= 0.6 is 22.9 Å². The third-order valence-electron chi connectivity index (χ3n) is 3.27. The molecule has 0 radical (unpaired) electrons. The molecule has 0 spiro atoms. The molecule has 1 amide bonds. The zero-order valence-corrected chi connectivity index (χ0v) is 13.1. The summed E-state index contributed by atoms with van der Waals surface area (Å²) in [5.41, 5.74) is 0. The minimum absolute atomic E-state index is 0.150. The number of halogens is 1. The number of nitrogens with zero attached hydrogens (tertiary/aromatic N) is 1. The molecule has 0 aromatic heterocycles. The Morgan fingerprint density at radius 2 is 2.06 bits per heavy atom. The van der Waals surface area contributed by atoms with Crippen LogP contribution in [0.1, 0.15) is 19.3 Å². The van der Waals surface area contributed by atoms with E-state index in [2.05, 4.69) is 8.43 Å². The van der Waals surface area contributed by atoms with Gasteiger partial charge in [0.1, 0.15) is 0 Å². The van der Waals surface area contributed by atoms with E-state index >= 15 is 0 Å². The van der Waals surface area contributed by atoms with Crippen LogP contribution in [-0.2, 0) is 14.3 Å². The number of carbonyl (C=O) groups is 1. The predicted octanol–water partition coefficient (Wildman–Crippen LogP) is 1.22. The molecule has 1 N–H and O–H groups in total. The van der Waals surface area contributed by atoms with Crippen molar-refractivity contribution in [3.05, 3.63) is 0 Å². The van der Waals surface area contributed by atoms with Crippen molar-refractivity contribution < 1.29 is 14.3 Å². The first-order valence-corrected chi connectivity index (χ1v) is 7.52. The second-order valence-corrected chi connectivity index (χ2v) is 5.15. The molecule has 1 saturated heterocycles. The van der Waals surface area contributed by atoms with Gasteiger partial charge in [0, 0.05) is 20.1 Å². The molecule has 6 heteroatoms. The molecule has 0 unspecified atom stereocenters. The highest BCUT2D eigenvalue weighted by Gasteiger charge is 2.20. The maximum Gasteiger partial charge on any atom is 0.228 e. The summed E-state index contributed by atoms with van der Waals surface area (Å²) in [6, 6.07) is 0. The van der Waals surface area contributed by atoms with Crippen molar-refractivity contribution in [3.63, 3.8) is 0 Å². The fourth-order valence-electron chi connectivity index (χ4n) is 2.15. The Kier molecular flexibility index (Phi) is 8.91. The topological polar surface area (TPSA) is 50.8 Å². The van der Waals surface area contributed by atoms with Gasteiger partial charge in [-0.3, -0.25) is 8.32 Å². The summed E-state index contributed by atoms with van der Waals surface area (Å²) >= 11 is 1.91. The second-order valence-electron chi connectivity index (χ2n) is 4.61.